The molecule has 3 nitrogen and oxygen atoms in total. The van der Waals surface area contributed by atoms with E-state index < -0.39 is 0 Å². The van der Waals surface area contributed by atoms with Crippen molar-refractivity contribution in [1.82, 2.24) is 9.38 Å². The van der Waals surface area contributed by atoms with Gasteiger partial charge in [-0.1, -0.05) is 48.9 Å². The minimum absolute atomic E-state index is 0.0660. The van der Waals surface area contributed by atoms with Crippen molar-refractivity contribution in [3.63, 3.8) is 0 Å². The average molecular weight is 328 g/mol. The van der Waals surface area contributed by atoms with E-state index in [9.17, 15) is 0 Å². The molecule has 0 radical (unpaired) electrons. The fourth-order valence-corrected chi connectivity index (χ4v) is 2.88. The molecule has 0 saturated heterocycles. The van der Waals surface area contributed by atoms with Gasteiger partial charge in [0.25, 0.3) is 0 Å². The molecule has 2 aromatic heterocycles. The zero-order chi connectivity index (χ0) is 16.6. The highest BCUT2D eigenvalue weighted by atomic mass is 35.5. The number of benzene rings is 1. The second kappa shape index (κ2) is 5.89. The van der Waals surface area contributed by atoms with E-state index in [1.807, 2.05) is 28.8 Å². The third-order valence-corrected chi connectivity index (χ3v) is 4.04. The molecule has 0 spiro atoms. The summed E-state index contributed by atoms with van der Waals surface area (Å²) in [6.07, 6.45) is 1.92. The van der Waals surface area contributed by atoms with Crippen molar-refractivity contribution in [2.45, 2.75) is 39.2 Å². The lowest BCUT2D eigenvalue weighted by atomic mass is 9.97. The molecule has 3 rings (SSSR count). The average Bonchev–Trinajstić information content (AvgIpc) is 2.84. The lowest BCUT2D eigenvalue weighted by Crippen LogP contribution is -2.27. The topological polar surface area (TPSA) is 29.3 Å². The van der Waals surface area contributed by atoms with Gasteiger partial charge < -0.3 is 5.32 Å². The second-order valence-corrected chi connectivity index (χ2v) is 7.36. The Morgan fingerprint density at radius 1 is 1.09 bits per heavy atom. The predicted octanol–water partition coefficient (Wildman–Crippen LogP) is 5.35. The minimum atomic E-state index is -0.0660. The maximum atomic E-state index is 6.19. The first kappa shape index (κ1) is 15.9. The quantitative estimate of drug-likeness (QED) is 0.702. The Labute approximate surface area is 142 Å². The van der Waals surface area contributed by atoms with Crippen LogP contribution >= 0.6 is 11.6 Å². The zero-order valence-electron chi connectivity index (χ0n) is 14.0. The zero-order valence-corrected chi connectivity index (χ0v) is 14.7. The van der Waals surface area contributed by atoms with Crippen molar-refractivity contribution in [3.05, 3.63) is 64.9 Å². The van der Waals surface area contributed by atoms with Crippen LogP contribution in [0.25, 0.3) is 5.65 Å². The summed E-state index contributed by atoms with van der Waals surface area (Å²) in [5.74, 6) is 1.20. The molecule has 0 unspecified atom stereocenters. The number of halogens is 1. The molecule has 1 aromatic carbocycles. The SMILES string of the molecule is C[C@@H](c1ccccc1)c1nc2ccc(Cl)cn2c1NC(C)(C)C. The molecule has 1 N–H and O–H groups in total. The van der Waals surface area contributed by atoms with Gasteiger partial charge in [-0.3, -0.25) is 4.40 Å². The van der Waals surface area contributed by atoms with Crippen LogP contribution in [-0.2, 0) is 0 Å². The minimum Gasteiger partial charge on any atom is -0.365 e. The fourth-order valence-electron chi connectivity index (χ4n) is 2.72. The Morgan fingerprint density at radius 2 is 1.78 bits per heavy atom. The molecule has 120 valence electrons. The number of anilines is 1. The number of rotatable bonds is 3. The van der Waals surface area contributed by atoms with E-state index in [0.717, 1.165) is 17.2 Å². The molecule has 23 heavy (non-hydrogen) atoms. The second-order valence-electron chi connectivity index (χ2n) is 6.93. The number of fused-ring (bicyclic) bond motifs is 1. The molecule has 0 amide bonds. The van der Waals surface area contributed by atoms with Gasteiger partial charge in [-0.05, 0) is 38.5 Å². The van der Waals surface area contributed by atoms with Crippen LogP contribution in [0, 0.1) is 0 Å². The Morgan fingerprint density at radius 3 is 2.43 bits per heavy atom. The summed E-state index contributed by atoms with van der Waals surface area (Å²) in [6, 6.07) is 14.3. The molecule has 3 aromatic rings. The van der Waals surface area contributed by atoms with Gasteiger partial charge in [0.1, 0.15) is 11.5 Å². The molecule has 0 bridgehead atoms. The normalized spacial score (nSPS) is 13.3. The van der Waals surface area contributed by atoms with E-state index in [1.165, 1.54) is 5.56 Å². The van der Waals surface area contributed by atoms with Crippen LogP contribution in [0.3, 0.4) is 0 Å². The Balaban J connectivity index is 2.17. The van der Waals surface area contributed by atoms with Crippen LogP contribution in [0.15, 0.2) is 48.7 Å². The summed E-state index contributed by atoms with van der Waals surface area (Å²) in [5, 5.41) is 4.29. The fraction of sp³-hybridized carbons (Fsp3) is 0.316. The van der Waals surface area contributed by atoms with Crippen molar-refractivity contribution in [1.29, 1.82) is 0 Å². The first-order valence-electron chi connectivity index (χ1n) is 7.86. The maximum Gasteiger partial charge on any atom is 0.138 e. The van der Waals surface area contributed by atoms with Crippen LogP contribution in [0.4, 0.5) is 5.82 Å². The van der Waals surface area contributed by atoms with Crippen molar-refractivity contribution in [3.8, 4) is 0 Å². The smallest absolute Gasteiger partial charge is 0.138 e. The first-order chi connectivity index (χ1) is 10.8. The standard InChI is InChI=1S/C19H22ClN3/c1-13(14-8-6-5-7-9-14)17-18(22-19(2,3)4)23-12-15(20)10-11-16(23)21-17/h5-13,22H,1-4H3/t13-/m0/s1. The van der Waals surface area contributed by atoms with Crippen LogP contribution in [-0.4, -0.2) is 14.9 Å². The van der Waals surface area contributed by atoms with E-state index >= 15 is 0 Å². The van der Waals surface area contributed by atoms with Crippen LogP contribution in [0.2, 0.25) is 5.02 Å². The van der Waals surface area contributed by atoms with Crippen LogP contribution < -0.4 is 5.32 Å². The third-order valence-electron chi connectivity index (χ3n) is 3.81. The summed E-state index contributed by atoms with van der Waals surface area (Å²) >= 11 is 6.19. The lowest BCUT2D eigenvalue weighted by Gasteiger charge is -2.24. The van der Waals surface area contributed by atoms with Gasteiger partial charge in [0.2, 0.25) is 0 Å². The van der Waals surface area contributed by atoms with E-state index in [1.54, 1.807) is 0 Å². The molecular weight excluding hydrogens is 306 g/mol. The number of imidazole rings is 1. The van der Waals surface area contributed by atoms with Gasteiger partial charge in [-0.15, -0.1) is 0 Å². The molecule has 1 atom stereocenters. The van der Waals surface area contributed by atoms with Gasteiger partial charge in [0, 0.05) is 17.7 Å². The lowest BCUT2D eigenvalue weighted by molar-refractivity contribution is 0.626. The molecule has 4 heteroatoms. The van der Waals surface area contributed by atoms with E-state index in [-0.39, 0.29) is 11.5 Å². The van der Waals surface area contributed by atoms with Gasteiger partial charge in [-0.25, -0.2) is 4.98 Å². The van der Waals surface area contributed by atoms with E-state index in [4.69, 9.17) is 16.6 Å². The van der Waals surface area contributed by atoms with Gasteiger partial charge in [-0.2, -0.15) is 0 Å². The summed E-state index contributed by atoms with van der Waals surface area (Å²) in [4.78, 5) is 4.86. The van der Waals surface area contributed by atoms with Crippen molar-refractivity contribution in [2.75, 3.05) is 5.32 Å². The Kier molecular flexibility index (Phi) is 4.07. The third kappa shape index (κ3) is 3.35. The molecule has 0 saturated carbocycles. The van der Waals surface area contributed by atoms with Gasteiger partial charge in [0.05, 0.1) is 10.7 Å². The number of hydrogen-bond donors (Lipinski definition) is 1. The highest BCUT2D eigenvalue weighted by molar-refractivity contribution is 6.30. The Hall–Kier alpha value is -2.00. The van der Waals surface area contributed by atoms with Crippen LogP contribution in [0.5, 0.6) is 0 Å². The number of pyridine rings is 1. The highest BCUT2D eigenvalue weighted by Crippen LogP contribution is 2.32. The molecule has 2 heterocycles. The van der Waals surface area contributed by atoms with Gasteiger partial charge in [0.15, 0.2) is 0 Å². The maximum absolute atomic E-state index is 6.19. The summed E-state index contributed by atoms with van der Waals surface area (Å²) in [6.45, 7) is 8.63. The van der Waals surface area contributed by atoms with Crippen molar-refractivity contribution < 1.29 is 0 Å². The highest BCUT2D eigenvalue weighted by Gasteiger charge is 2.22. The van der Waals surface area contributed by atoms with Gasteiger partial charge >= 0.3 is 0 Å². The summed E-state index contributed by atoms with van der Waals surface area (Å²) < 4.78 is 2.04. The Bertz CT molecular complexity index is 816. The molecular formula is C19H22ClN3. The summed E-state index contributed by atoms with van der Waals surface area (Å²) in [5.41, 5.74) is 3.12. The number of nitrogens with zero attached hydrogens (tertiary/aromatic N) is 2. The number of hydrogen-bond acceptors (Lipinski definition) is 2. The number of nitrogens with one attached hydrogen (secondary N) is 1. The molecule has 0 aliphatic rings. The monoisotopic (exact) mass is 327 g/mol. The molecule has 0 aliphatic heterocycles. The largest absolute Gasteiger partial charge is 0.365 e. The van der Waals surface area contributed by atoms with Crippen LogP contribution in [0.1, 0.15) is 44.9 Å². The molecule has 0 fully saturated rings. The van der Waals surface area contributed by atoms with Crippen molar-refractivity contribution in [2.24, 2.45) is 0 Å². The molecule has 0 aliphatic carbocycles. The number of aromatic nitrogens is 2. The predicted molar refractivity (Wildman–Crippen MR) is 97.5 cm³/mol. The summed E-state index contributed by atoms with van der Waals surface area (Å²) in [7, 11) is 0. The van der Waals surface area contributed by atoms with E-state index in [0.29, 0.717) is 5.02 Å². The first-order valence-corrected chi connectivity index (χ1v) is 8.23. The van der Waals surface area contributed by atoms with Crippen molar-refractivity contribution >= 4 is 23.1 Å². The van der Waals surface area contributed by atoms with E-state index in [2.05, 4.69) is 57.3 Å².